The normalized spacial score (nSPS) is 14.7. The zero-order valence-corrected chi connectivity index (χ0v) is 12.0. The van der Waals surface area contributed by atoms with Gasteiger partial charge in [-0.15, -0.1) is 0 Å². The fourth-order valence-corrected chi connectivity index (χ4v) is 2.21. The molecule has 1 saturated heterocycles. The minimum Gasteiger partial charge on any atom is -0.449 e. The highest BCUT2D eigenvalue weighted by molar-refractivity contribution is 5.95. The summed E-state index contributed by atoms with van der Waals surface area (Å²) in [5.74, 6) is -0.256. The van der Waals surface area contributed by atoms with Crippen LogP contribution in [0, 0.1) is 0 Å². The molecule has 114 valence electrons. The molecular formula is C14H19N3O4. The molecule has 1 fully saturated rings. The standard InChI is InChI=1S/C14H19N3O4/c1-2-11-10(4-5-12(18)16-11)13(19)15-6-8-17-7-3-9-21-14(17)20/h4-5H,2-3,6-9H2,1H3,(H,15,19)(H,16,18). The van der Waals surface area contributed by atoms with E-state index in [1.54, 1.807) is 4.90 Å². The Morgan fingerprint density at radius 3 is 2.95 bits per heavy atom. The number of aromatic nitrogens is 1. The number of cyclic esters (lactones) is 1. The zero-order chi connectivity index (χ0) is 15.2. The smallest absolute Gasteiger partial charge is 0.409 e. The van der Waals surface area contributed by atoms with Crippen molar-refractivity contribution in [2.45, 2.75) is 19.8 Å². The highest BCUT2D eigenvalue weighted by Gasteiger charge is 2.19. The quantitative estimate of drug-likeness (QED) is 0.827. The summed E-state index contributed by atoms with van der Waals surface area (Å²) < 4.78 is 4.92. The van der Waals surface area contributed by atoms with Crippen molar-refractivity contribution in [3.8, 4) is 0 Å². The van der Waals surface area contributed by atoms with Gasteiger partial charge in [-0.05, 0) is 18.9 Å². The fourth-order valence-electron chi connectivity index (χ4n) is 2.21. The van der Waals surface area contributed by atoms with Crippen molar-refractivity contribution in [1.29, 1.82) is 0 Å². The van der Waals surface area contributed by atoms with Gasteiger partial charge in [-0.2, -0.15) is 0 Å². The van der Waals surface area contributed by atoms with Gasteiger partial charge in [-0.25, -0.2) is 4.79 Å². The molecule has 0 atom stereocenters. The molecule has 2 rings (SSSR count). The van der Waals surface area contributed by atoms with Gasteiger partial charge >= 0.3 is 6.09 Å². The molecule has 2 amide bonds. The number of carbonyl (C=O) groups is 2. The lowest BCUT2D eigenvalue weighted by molar-refractivity contribution is 0.0719. The second kappa shape index (κ2) is 6.92. The molecule has 0 radical (unpaired) electrons. The van der Waals surface area contributed by atoms with E-state index in [-0.39, 0.29) is 17.6 Å². The van der Waals surface area contributed by atoms with Crippen LogP contribution in [-0.4, -0.2) is 48.1 Å². The molecule has 0 unspecified atom stereocenters. The zero-order valence-electron chi connectivity index (χ0n) is 12.0. The van der Waals surface area contributed by atoms with E-state index in [1.165, 1.54) is 12.1 Å². The molecule has 0 aromatic carbocycles. The van der Waals surface area contributed by atoms with Gasteiger partial charge in [0.05, 0.1) is 12.2 Å². The maximum absolute atomic E-state index is 12.1. The van der Waals surface area contributed by atoms with E-state index in [0.717, 1.165) is 6.42 Å². The number of carbonyl (C=O) groups excluding carboxylic acids is 2. The minimum absolute atomic E-state index is 0.223. The number of aromatic amines is 1. The SMILES string of the molecule is CCc1[nH]c(=O)ccc1C(=O)NCCN1CCCOC1=O. The molecule has 1 aromatic rings. The highest BCUT2D eigenvalue weighted by atomic mass is 16.6. The van der Waals surface area contributed by atoms with E-state index < -0.39 is 0 Å². The van der Waals surface area contributed by atoms with Crippen LogP contribution in [0.3, 0.4) is 0 Å². The first-order valence-corrected chi connectivity index (χ1v) is 7.04. The average Bonchev–Trinajstić information content (AvgIpc) is 2.48. The number of pyridine rings is 1. The summed E-state index contributed by atoms with van der Waals surface area (Å²) in [5.41, 5.74) is 0.843. The molecule has 7 nitrogen and oxygen atoms in total. The van der Waals surface area contributed by atoms with Crippen LogP contribution in [0.5, 0.6) is 0 Å². The predicted molar refractivity (Wildman–Crippen MR) is 76.3 cm³/mol. The number of rotatable bonds is 5. The summed E-state index contributed by atoms with van der Waals surface area (Å²) >= 11 is 0. The molecule has 0 saturated carbocycles. The Kier molecular flexibility index (Phi) is 4.97. The van der Waals surface area contributed by atoms with Crippen LogP contribution in [-0.2, 0) is 11.2 Å². The van der Waals surface area contributed by atoms with Crippen molar-refractivity contribution in [3.63, 3.8) is 0 Å². The Bertz CT molecular complexity index is 582. The van der Waals surface area contributed by atoms with Crippen molar-refractivity contribution in [2.75, 3.05) is 26.2 Å². The molecule has 21 heavy (non-hydrogen) atoms. The summed E-state index contributed by atoms with van der Waals surface area (Å²) in [4.78, 5) is 39.0. The molecule has 1 aromatic heterocycles. The molecule has 7 heteroatoms. The third-order valence-corrected chi connectivity index (χ3v) is 3.32. The Hall–Kier alpha value is -2.31. The van der Waals surface area contributed by atoms with Gasteiger partial charge in [0.15, 0.2) is 0 Å². The van der Waals surface area contributed by atoms with Crippen LogP contribution in [0.25, 0.3) is 0 Å². The first kappa shape index (κ1) is 15.1. The largest absolute Gasteiger partial charge is 0.449 e. The van der Waals surface area contributed by atoms with Crippen LogP contribution >= 0.6 is 0 Å². The molecular weight excluding hydrogens is 274 g/mol. The summed E-state index contributed by atoms with van der Waals surface area (Å²) in [7, 11) is 0. The van der Waals surface area contributed by atoms with Gasteiger partial charge in [-0.1, -0.05) is 6.92 Å². The molecule has 0 bridgehead atoms. The topological polar surface area (TPSA) is 91.5 Å². The van der Waals surface area contributed by atoms with Crippen molar-refractivity contribution in [1.82, 2.24) is 15.2 Å². The van der Waals surface area contributed by atoms with Crippen LogP contribution in [0.1, 0.15) is 29.4 Å². The summed E-state index contributed by atoms with van der Waals surface area (Å²) in [5, 5.41) is 2.75. The Morgan fingerprint density at radius 2 is 2.24 bits per heavy atom. The number of ether oxygens (including phenoxy) is 1. The lowest BCUT2D eigenvalue weighted by Gasteiger charge is -2.26. The predicted octanol–water partition coefficient (Wildman–Crippen LogP) is 0.509. The Balaban J connectivity index is 1.90. The van der Waals surface area contributed by atoms with Gasteiger partial charge in [0, 0.05) is 31.4 Å². The maximum Gasteiger partial charge on any atom is 0.409 e. The third-order valence-electron chi connectivity index (χ3n) is 3.32. The number of hydrogen-bond donors (Lipinski definition) is 2. The van der Waals surface area contributed by atoms with Crippen LogP contribution in [0.2, 0.25) is 0 Å². The number of aryl methyl sites for hydroxylation is 1. The Labute approximate surface area is 122 Å². The Morgan fingerprint density at radius 1 is 1.43 bits per heavy atom. The van der Waals surface area contributed by atoms with Gasteiger partial charge in [-0.3, -0.25) is 9.59 Å². The number of amides is 2. The molecule has 0 aliphatic carbocycles. The first-order valence-electron chi connectivity index (χ1n) is 7.04. The van der Waals surface area contributed by atoms with E-state index in [4.69, 9.17) is 4.74 Å². The van der Waals surface area contributed by atoms with Crippen molar-refractivity contribution >= 4 is 12.0 Å². The summed E-state index contributed by atoms with van der Waals surface area (Å²) in [6.45, 7) is 3.73. The van der Waals surface area contributed by atoms with Gasteiger partial charge in [0.25, 0.3) is 5.91 Å². The van der Waals surface area contributed by atoms with E-state index in [0.29, 0.717) is 43.9 Å². The van der Waals surface area contributed by atoms with Gasteiger partial charge in [0.2, 0.25) is 5.56 Å². The molecule has 2 N–H and O–H groups in total. The molecule has 1 aliphatic heterocycles. The van der Waals surface area contributed by atoms with E-state index in [2.05, 4.69) is 10.3 Å². The average molecular weight is 293 g/mol. The number of nitrogens with zero attached hydrogens (tertiary/aromatic N) is 1. The fraction of sp³-hybridized carbons (Fsp3) is 0.500. The second-order valence-electron chi connectivity index (χ2n) is 4.78. The van der Waals surface area contributed by atoms with Crippen LogP contribution in [0.4, 0.5) is 4.79 Å². The molecule has 1 aliphatic rings. The van der Waals surface area contributed by atoms with Crippen molar-refractivity contribution in [3.05, 3.63) is 33.7 Å². The highest BCUT2D eigenvalue weighted by Crippen LogP contribution is 2.05. The van der Waals surface area contributed by atoms with Crippen molar-refractivity contribution < 1.29 is 14.3 Å². The van der Waals surface area contributed by atoms with E-state index in [9.17, 15) is 14.4 Å². The summed E-state index contributed by atoms with van der Waals surface area (Å²) in [6.07, 6.45) is 1.03. The second-order valence-corrected chi connectivity index (χ2v) is 4.78. The number of nitrogens with one attached hydrogen (secondary N) is 2. The minimum atomic E-state index is -0.339. The molecule has 2 heterocycles. The van der Waals surface area contributed by atoms with Gasteiger partial charge < -0.3 is 19.9 Å². The van der Waals surface area contributed by atoms with Gasteiger partial charge in [0.1, 0.15) is 0 Å². The maximum atomic E-state index is 12.1. The van der Waals surface area contributed by atoms with Crippen LogP contribution in [0.15, 0.2) is 16.9 Å². The lowest BCUT2D eigenvalue weighted by atomic mass is 10.1. The number of H-pyrrole nitrogens is 1. The number of hydrogen-bond acceptors (Lipinski definition) is 4. The van der Waals surface area contributed by atoms with E-state index >= 15 is 0 Å². The lowest BCUT2D eigenvalue weighted by Crippen LogP contribution is -2.42. The molecule has 0 spiro atoms. The van der Waals surface area contributed by atoms with E-state index in [1.807, 2.05) is 6.92 Å². The monoisotopic (exact) mass is 293 g/mol. The third kappa shape index (κ3) is 3.84. The first-order chi connectivity index (χ1) is 10.1. The van der Waals surface area contributed by atoms with Crippen molar-refractivity contribution in [2.24, 2.45) is 0 Å². The van der Waals surface area contributed by atoms with Crippen LogP contribution < -0.4 is 10.9 Å². The summed E-state index contributed by atoms with van der Waals surface area (Å²) in [6, 6.07) is 2.85.